The molecule has 0 saturated carbocycles. The summed E-state index contributed by atoms with van der Waals surface area (Å²) in [6.45, 7) is 1.77. The van der Waals surface area contributed by atoms with E-state index in [0.29, 0.717) is 6.42 Å². The molecular weight excluding hydrogens is 304 g/mol. The third-order valence-electron chi connectivity index (χ3n) is 3.34. The van der Waals surface area contributed by atoms with E-state index >= 15 is 0 Å². The maximum atomic E-state index is 11.8. The van der Waals surface area contributed by atoms with Crippen LogP contribution in [0.5, 0.6) is 0 Å². The molecule has 0 aromatic heterocycles. The van der Waals surface area contributed by atoms with E-state index in [-0.39, 0.29) is 0 Å². The number of aliphatic carboxylic acids is 1. The van der Waals surface area contributed by atoms with Crippen molar-refractivity contribution >= 4 is 21.9 Å². The third-order valence-corrected chi connectivity index (χ3v) is 4.03. The second kappa shape index (κ2) is 5.57. The highest BCUT2D eigenvalue weighted by atomic mass is 79.9. The molecule has 0 heterocycles. The van der Waals surface area contributed by atoms with Gasteiger partial charge in [0.1, 0.15) is 0 Å². The number of rotatable bonds is 4. The fourth-order valence-corrected chi connectivity index (χ4v) is 2.92. The van der Waals surface area contributed by atoms with Crippen LogP contribution >= 0.6 is 15.9 Å². The SMILES string of the molecule is CC(Cc1ccccc1)(C(=O)O)c1ccccc1Br. The van der Waals surface area contributed by atoms with E-state index in [1.165, 1.54) is 0 Å². The number of halogens is 1. The van der Waals surface area contributed by atoms with E-state index in [1.54, 1.807) is 6.92 Å². The fraction of sp³-hybridized carbons (Fsp3) is 0.188. The number of hydrogen-bond acceptors (Lipinski definition) is 1. The summed E-state index contributed by atoms with van der Waals surface area (Å²) in [6, 6.07) is 17.2. The van der Waals surface area contributed by atoms with Gasteiger partial charge in [0, 0.05) is 4.47 Å². The van der Waals surface area contributed by atoms with Crippen molar-refractivity contribution in [3.63, 3.8) is 0 Å². The zero-order valence-electron chi connectivity index (χ0n) is 10.6. The lowest BCUT2D eigenvalue weighted by Crippen LogP contribution is -2.35. The van der Waals surface area contributed by atoms with Crippen LogP contribution in [0.3, 0.4) is 0 Å². The smallest absolute Gasteiger partial charge is 0.314 e. The van der Waals surface area contributed by atoms with Gasteiger partial charge in [-0.15, -0.1) is 0 Å². The summed E-state index contributed by atoms with van der Waals surface area (Å²) >= 11 is 3.45. The molecule has 1 atom stereocenters. The van der Waals surface area contributed by atoms with Crippen molar-refractivity contribution in [1.82, 2.24) is 0 Å². The molecule has 19 heavy (non-hydrogen) atoms. The molecule has 0 saturated heterocycles. The molecule has 0 radical (unpaired) electrons. The first-order valence-electron chi connectivity index (χ1n) is 6.06. The lowest BCUT2D eigenvalue weighted by atomic mass is 9.77. The zero-order valence-corrected chi connectivity index (χ0v) is 12.2. The molecule has 2 aromatic rings. The maximum absolute atomic E-state index is 11.8. The number of hydrogen-bond donors (Lipinski definition) is 1. The van der Waals surface area contributed by atoms with E-state index in [1.807, 2.05) is 54.6 Å². The van der Waals surface area contributed by atoms with Crippen LogP contribution in [-0.2, 0) is 16.6 Å². The number of carboxylic acid groups (broad SMARTS) is 1. The summed E-state index contributed by atoms with van der Waals surface area (Å²) < 4.78 is 0.829. The second-order valence-electron chi connectivity index (χ2n) is 4.78. The van der Waals surface area contributed by atoms with Gasteiger partial charge in [-0.25, -0.2) is 0 Å². The van der Waals surface area contributed by atoms with Gasteiger partial charge in [-0.3, -0.25) is 4.79 Å². The summed E-state index contributed by atoms with van der Waals surface area (Å²) in [7, 11) is 0. The number of carbonyl (C=O) groups is 1. The van der Waals surface area contributed by atoms with Gasteiger partial charge in [-0.1, -0.05) is 64.5 Å². The highest BCUT2D eigenvalue weighted by molar-refractivity contribution is 9.10. The van der Waals surface area contributed by atoms with Crippen LogP contribution in [0.1, 0.15) is 18.1 Å². The molecule has 0 aliphatic carbocycles. The van der Waals surface area contributed by atoms with Gasteiger partial charge in [0.25, 0.3) is 0 Å². The van der Waals surface area contributed by atoms with Crippen LogP contribution in [-0.4, -0.2) is 11.1 Å². The molecule has 0 bridgehead atoms. The second-order valence-corrected chi connectivity index (χ2v) is 5.63. The Kier molecular flexibility index (Phi) is 4.05. The first-order chi connectivity index (χ1) is 9.04. The van der Waals surface area contributed by atoms with Gasteiger partial charge in [-0.2, -0.15) is 0 Å². The largest absolute Gasteiger partial charge is 0.481 e. The minimum atomic E-state index is -0.943. The Bertz CT molecular complexity index is 580. The van der Waals surface area contributed by atoms with Crippen molar-refractivity contribution in [2.24, 2.45) is 0 Å². The topological polar surface area (TPSA) is 37.3 Å². The molecule has 2 aromatic carbocycles. The average Bonchev–Trinajstić information content (AvgIpc) is 2.40. The summed E-state index contributed by atoms with van der Waals surface area (Å²) in [5.74, 6) is -0.816. The van der Waals surface area contributed by atoms with E-state index in [2.05, 4.69) is 15.9 Å². The van der Waals surface area contributed by atoms with Gasteiger partial charge in [0.15, 0.2) is 0 Å². The van der Waals surface area contributed by atoms with Crippen molar-refractivity contribution in [1.29, 1.82) is 0 Å². The van der Waals surface area contributed by atoms with Gasteiger partial charge < -0.3 is 5.11 Å². The summed E-state index contributed by atoms with van der Waals surface area (Å²) in [5, 5.41) is 9.65. The minimum absolute atomic E-state index is 0.464. The molecule has 0 fully saturated rings. The molecule has 0 aliphatic rings. The molecule has 1 N–H and O–H groups in total. The Balaban J connectivity index is 2.45. The van der Waals surface area contributed by atoms with Gasteiger partial charge in [-0.05, 0) is 30.5 Å². The first-order valence-corrected chi connectivity index (χ1v) is 6.85. The summed E-state index contributed by atoms with van der Waals surface area (Å²) in [5.41, 5.74) is 0.871. The maximum Gasteiger partial charge on any atom is 0.314 e. The molecule has 1 unspecified atom stereocenters. The quantitative estimate of drug-likeness (QED) is 0.924. The van der Waals surface area contributed by atoms with Gasteiger partial charge >= 0.3 is 5.97 Å². The Labute approximate surface area is 121 Å². The Morgan fingerprint density at radius 1 is 1.11 bits per heavy atom. The monoisotopic (exact) mass is 318 g/mol. The Morgan fingerprint density at radius 2 is 1.68 bits per heavy atom. The molecular formula is C16H15BrO2. The van der Waals surface area contributed by atoms with Crippen LogP contribution in [0.15, 0.2) is 59.1 Å². The first kappa shape index (κ1) is 13.8. The van der Waals surface area contributed by atoms with Crippen molar-refractivity contribution in [2.75, 3.05) is 0 Å². The molecule has 2 nitrogen and oxygen atoms in total. The van der Waals surface area contributed by atoms with Crippen LogP contribution in [0.25, 0.3) is 0 Å². The molecule has 98 valence electrons. The standard InChI is InChI=1S/C16H15BrO2/c1-16(15(18)19,11-12-7-3-2-4-8-12)13-9-5-6-10-14(13)17/h2-10H,11H2,1H3,(H,18,19). The van der Waals surface area contributed by atoms with Crippen molar-refractivity contribution in [3.8, 4) is 0 Å². The number of benzene rings is 2. The minimum Gasteiger partial charge on any atom is -0.481 e. The van der Waals surface area contributed by atoms with Crippen molar-refractivity contribution in [3.05, 3.63) is 70.2 Å². The number of carboxylic acids is 1. The zero-order chi connectivity index (χ0) is 13.9. The normalized spacial score (nSPS) is 13.8. The lowest BCUT2D eigenvalue weighted by molar-refractivity contribution is -0.143. The van der Waals surface area contributed by atoms with Crippen molar-refractivity contribution < 1.29 is 9.90 Å². The highest BCUT2D eigenvalue weighted by Gasteiger charge is 2.36. The average molecular weight is 319 g/mol. The predicted octanol–water partition coefficient (Wildman–Crippen LogP) is 4.03. The fourth-order valence-electron chi connectivity index (χ4n) is 2.20. The lowest BCUT2D eigenvalue weighted by Gasteiger charge is -2.26. The molecule has 0 spiro atoms. The van der Waals surface area contributed by atoms with Gasteiger partial charge in [0.2, 0.25) is 0 Å². The van der Waals surface area contributed by atoms with Crippen LogP contribution in [0.2, 0.25) is 0 Å². The van der Waals surface area contributed by atoms with E-state index in [0.717, 1.165) is 15.6 Å². The van der Waals surface area contributed by atoms with E-state index < -0.39 is 11.4 Å². The Hall–Kier alpha value is -1.61. The van der Waals surface area contributed by atoms with E-state index in [4.69, 9.17) is 0 Å². The predicted molar refractivity (Wildman–Crippen MR) is 79.3 cm³/mol. The third kappa shape index (κ3) is 2.87. The molecule has 0 amide bonds. The Morgan fingerprint density at radius 3 is 2.26 bits per heavy atom. The van der Waals surface area contributed by atoms with Gasteiger partial charge in [0.05, 0.1) is 5.41 Å². The van der Waals surface area contributed by atoms with E-state index in [9.17, 15) is 9.90 Å². The molecule has 0 aliphatic heterocycles. The molecule has 3 heteroatoms. The molecule has 2 rings (SSSR count). The summed E-state index contributed by atoms with van der Waals surface area (Å²) in [6.07, 6.45) is 0.464. The van der Waals surface area contributed by atoms with Crippen LogP contribution in [0.4, 0.5) is 0 Å². The van der Waals surface area contributed by atoms with Crippen molar-refractivity contribution in [2.45, 2.75) is 18.8 Å². The highest BCUT2D eigenvalue weighted by Crippen LogP contribution is 2.33. The van der Waals surface area contributed by atoms with Crippen LogP contribution in [0, 0.1) is 0 Å². The summed E-state index contributed by atoms with van der Waals surface area (Å²) in [4.78, 5) is 11.8. The van der Waals surface area contributed by atoms with Crippen LogP contribution < -0.4 is 0 Å².